The summed E-state index contributed by atoms with van der Waals surface area (Å²) < 4.78 is 0. The maximum atomic E-state index is 12.7. The monoisotopic (exact) mass is 309 g/mol. The van der Waals surface area contributed by atoms with Crippen LogP contribution in [0.25, 0.3) is 0 Å². The molecule has 2 unspecified atom stereocenters. The van der Waals surface area contributed by atoms with Crippen molar-refractivity contribution in [2.45, 2.75) is 24.9 Å². The summed E-state index contributed by atoms with van der Waals surface area (Å²) in [5, 5.41) is 0. The molecule has 0 aliphatic carbocycles. The maximum absolute atomic E-state index is 12.7. The molecular formula is C16H15N5O2. The lowest BCUT2D eigenvalue weighted by Crippen LogP contribution is -2.40. The minimum absolute atomic E-state index is 0.00544. The SMILES string of the molecule is O=C(c1cccnc1)N1CCC2C1CC(=O)N2c1cncnc1. The van der Waals surface area contributed by atoms with E-state index in [1.165, 1.54) is 6.33 Å². The molecule has 0 spiro atoms. The molecule has 0 saturated carbocycles. The number of likely N-dealkylation sites (tertiary alicyclic amines) is 1. The molecule has 7 nitrogen and oxygen atoms in total. The molecule has 0 radical (unpaired) electrons. The molecule has 23 heavy (non-hydrogen) atoms. The van der Waals surface area contributed by atoms with Crippen LogP contribution in [0.3, 0.4) is 0 Å². The lowest BCUT2D eigenvalue weighted by atomic mass is 10.1. The smallest absolute Gasteiger partial charge is 0.255 e. The van der Waals surface area contributed by atoms with E-state index < -0.39 is 0 Å². The van der Waals surface area contributed by atoms with Crippen LogP contribution in [0.1, 0.15) is 23.2 Å². The van der Waals surface area contributed by atoms with Gasteiger partial charge in [-0.25, -0.2) is 9.97 Å². The van der Waals surface area contributed by atoms with Gasteiger partial charge in [-0.15, -0.1) is 0 Å². The highest BCUT2D eigenvalue weighted by Gasteiger charge is 2.49. The van der Waals surface area contributed by atoms with E-state index in [4.69, 9.17) is 0 Å². The summed E-state index contributed by atoms with van der Waals surface area (Å²) in [5.41, 5.74) is 1.25. The van der Waals surface area contributed by atoms with Crippen LogP contribution in [0.4, 0.5) is 5.69 Å². The van der Waals surface area contributed by atoms with Crippen LogP contribution < -0.4 is 4.90 Å². The molecule has 2 aliphatic heterocycles. The summed E-state index contributed by atoms with van der Waals surface area (Å²) in [6.07, 6.45) is 9.02. The Hall–Kier alpha value is -2.83. The van der Waals surface area contributed by atoms with Crippen molar-refractivity contribution in [3.05, 3.63) is 48.8 Å². The first-order valence-corrected chi connectivity index (χ1v) is 7.54. The maximum Gasteiger partial charge on any atom is 0.255 e. The van der Waals surface area contributed by atoms with Crippen molar-refractivity contribution >= 4 is 17.5 Å². The highest BCUT2D eigenvalue weighted by Crippen LogP contribution is 2.36. The lowest BCUT2D eigenvalue weighted by molar-refractivity contribution is -0.117. The number of pyridine rings is 1. The highest BCUT2D eigenvalue weighted by atomic mass is 16.2. The summed E-state index contributed by atoms with van der Waals surface area (Å²) in [7, 11) is 0. The van der Waals surface area contributed by atoms with Gasteiger partial charge in [-0.1, -0.05) is 0 Å². The van der Waals surface area contributed by atoms with Gasteiger partial charge in [0.1, 0.15) is 6.33 Å². The molecular weight excluding hydrogens is 294 g/mol. The number of fused-ring (bicyclic) bond motifs is 1. The van der Waals surface area contributed by atoms with Crippen LogP contribution in [0.2, 0.25) is 0 Å². The number of carbonyl (C=O) groups is 2. The molecule has 7 heteroatoms. The van der Waals surface area contributed by atoms with Crippen molar-refractivity contribution in [2.24, 2.45) is 0 Å². The fourth-order valence-electron chi connectivity index (χ4n) is 3.51. The van der Waals surface area contributed by atoms with E-state index in [0.717, 1.165) is 6.42 Å². The van der Waals surface area contributed by atoms with Crippen molar-refractivity contribution in [3.63, 3.8) is 0 Å². The normalized spacial score (nSPS) is 23.2. The topological polar surface area (TPSA) is 79.3 Å². The first kappa shape index (κ1) is 13.8. The van der Waals surface area contributed by atoms with Crippen LogP contribution in [0.15, 0.2) is 43.2 Å². The van der Waals surface area contributed by atoms with Gasteiger partial charge in [-0.2, -0.15) is 0 Å². The van der Waals surface area contributed by atoms with Crippen molar-refractivity contribution < 1.29 is 9.59 Å². The molecule has 2 aromatic rings. The van der Waals surface area contributed by atoms with E-state index in [-0.39, 0.29) is 23.9 Å². The van der Waals surface area contributed by atoms with Gasteiger partial charge in [-0.05, 0) is 18.6 Å². The molecule has 2 saturated heterocycles. The third kappa shape index (κ3) is 2.25. The summed E-state index contributed by atoms with van der Waals surface area (Å²) in [6, 6.07) is 3.39. The van der Waals surface area contributed by atoms with Gasteiger partial charge in [0.25, 0.3) is 5.91 Å². The Morgan fingerprint density at radius 3 is 2.70 bits per heavy atom. The molecule has 0 N–H and O–H groups in total. The number of nitrogens with zero attached hydrogens (tertiary/aromatic N) is 5. The summed E-state index contributed by atoms with van der Waals surface area (Å²) >= 11 is 0. The number of amides is 2. The van der Waals surface area contributed by atoms with Gasteiger partial charge < -0.3 is 9.80 Å². The Bertz CT molecular complexity index is 737. The number of hydrogen-bond acceptors (Lipinski definition) is 5. The minimum Gasteiger partial charge on any atom is -0.333 e. The molecule has 2 aliphatic rings. The Kier molecular flexibility index (Phi) is 3.25. The van der Waals surface area contributed by atoms with E-state index >= 15 is 0 Å². The lowest BCUT2D eigenvalue weighted by Gasteiger charge is -2.25. The van der Waals surface area contributed by atoms with Gasteiger partial charge in [0.2, 0.25) is 5.91 Å². The van der Waals surface area contributed by atoms with E-state index in [2.05, 4.69) is 15.0 Å². The minimum atomic E-state index is -0.101. The molecule has 2 aromatic heterocycles. The Labute approximate surface area is 133 Å². The zero-order valence-corrected chi connectivity index (χ0v) is 12.4. The van der Waals surface area contributed by atoms with Gasteiger partial charge in [0.15, 0.2) is 0 Å². The Morgan fingerprint density at radius 2 is 1.96 bits per heavy atom. The van der Waals surface area contributed by atoms with E-state index in [9.17, 15) is 9.59 Å². The van der Waals surface area contributed by atoms with Crippen LogP contribution in [-0.2, 0) is 4.79 Å². The molecule has 116 valence electrons. The standard InChI is InChI=1S/C16H15N5O2/c22-15-6-14-13(21(15)12-8-18-10-19-9-12)3-5-20(14)16(23)11-2-1-4-17-7-11/h1-2,4,7-10,13-14H,3,5-6H2. The van der Waals surface area contributed by atoms with Crippen LogP contribution in [0.5, 0.6) is 0 Å². The van der Waals surface area contributed by atoms with Crippen molar-refractivity contribution in [2.75, 3.05) is 11.4 Å². The predicted molar refractivity (Wildman–Crippen MR) is 81.6 cm³/mol. The molecule has 2 amide bonds. The fourth-order valence-corrected chi connectivity index (χ4v) is 3.51. The molecule has 4 rings (SSSR count). The molecule has 2 atom stereocenters. The van der Waals surface area contributed by atoms with E-state index in [1.807, 2.05) is 0 Å². The highest BCUT2D eigenvalue weighted by molar-refractivity contribution is 6.00. The van der Waals surface area contributed by atoms with E-state index in [0.29, 0.717) is 24.2 Å². The predicted octanol–water partition coefficient (Wildman–Crippen LogP) is 0.892. The van der Waals surface area contributed by atoms with Gasteiger partial charge in [0.05, 0.1) is 35.7 Å². The van der Waals surface area contributed by atoms with Crippen molar-refractivity contribution in [3.8, 4) is 0 Å². The zero-order valence-electron chi connectivity index (χ0n) is 12.4. The first-order chi connectivity index (χ1) is 11.3. The molecule has 0 aromatic carbocycles. The van der Waals surface area contributed by atoms with Gasteiger partial charge in [0, 0.05) is 25.4 Å². The number of rotatable bonds is 2. The van der Waals surface area contributed by atoms with Crippen LogP contribution in [0, 0.1) is 0 Å². The molecule has 2 fully saturated rings. The van der Waals surface area contributed by atoms with Crippen LogP contribution >= 0.6 is 0 Å². The second-order valence-corrected chi connectivity index (χ2v) is 5.73. The Balaban J connectivity index is 1.60. The number of anilines is 1. The molecule has 0 bridgehead atoms. The fraction of sp³-hybridized carbons (Fsp3) is 0.312. The Morgan fingerprint density at radius 1 is 1.13 bits per heavy atom. The van der Waals surface area contributed by atoms with Crippen molar-refractivity contribution in [1.29, 1.82) is 0 Å². The summed E-state index contributed by atoms with van der Waals surface area (Å²) in [5.74, 6) is -0.0527. The van der Waals surface area contributed by atoms with Gasteiger partial charge in [-0.3, -0.25) is 14.6 Å². The summed E-state index contributed by atoms with van der Waals surface area (Å²) in [6.45, 7) is 0.639. The first-order valence-electron chi connectivity index (χ1n) is 7.54. The third-order valence-corrected chi connectivity index (χ3v) is 4.49. The quantitative estimate of drug-likeness (QED) is 0.823. The molecule has 4 heterocycles. The largest absolute Gasteiger partial charge is 0.333 e. The van der Waals surface area contributed by atoms with Crippen LogP contribution in [-0.4, -0.2) is 50.3 Å². The van der Waals surface area contributed by atoms with Gasteiger partial charge >= 0.3 is 0 Å². The van der Waals surface area contributed by atoms with Crippen molar-refractivity contribution in [1.82, 2.24) is 19.9 Å². The second-order valence-electron chi connectivity index (χ2n) is 5.73. The number of aromatic nitrogens is 3. The average molecular weight is 309 g/mol. The second kappa shape index (κ2) is 5.42. The third-order valence-electron chi connectivity index (χ3n) is 4.49. The summed E-state index contributed by atoms with van der Waals surface area (Å²) in [4.78, 5) is 40.6. The van der Waals surface area contributed by atoms with E-state index in [1.54, 1.807) is 46.7 Å². The number of hydrogen-bond donors (Lipinski definition) is 0. The zero-order chi connectivity index (χ0) is 15.8. The average Bonchev–Trinajstić information content (AvgIpc) is 3.13. The number of carbonyl (C=O) groups excluding carboxylic acids is 2.